The minimum Gasteiger partial charge on any atom is -0.462 e. The lowest BCUT2D eigenvalue weighted by atomic mass is 9.90. The number of esters is 4. The van der Waals surface area contributed by atoms with E-state index in [0.717, 1.165) is 11.1 Å². The Hall–Kier alpha value is -4.85. The first-order chi connectivity index (χ1) is 25.5. The van der Waals surface area contributed by atoms with Gasteiger partial charge in [0, 0.05) is 42.7 Å². The molecule has 0 bridgehead atoms. The number of hydrogen-bond donors (Lipinski definition) is 2. The molecule has 2 N–H and O–H groups in total. The number of amides is 1. The number of aliphatic hydroxyl groups is 1. The molecular weight excluding hydrogens is 698 g/mol. The van der Waals surface area contributed by atoms with E-state index in [1.807, 2.05) is 24.3 Å². The minimum absolute atomic E-state index is 0.000721. The molecule has 288 valence electrons. The molecule has 2 aliphatic carbocycles. The van der Waals surface area contributed by atoms with Gasteiger partial charge in [-0.1, -0.05) is 50.2 Å². The molecule has 6 rings (SSSR count). The van der Waals surface area contributed by atoms with E-state index in [1.165, 1.54) is 12.2 Å². The van der Waals surface area contributed by atoms with Crippen molar-refractivity contribution in [1.29, 1.82) is 0 Å². The molecule has 5 unspecified atom stereocenters. The SMILES string of the molecule is CC(C)(C)OC(=O)CCC(CO)NC(=O)C1=CC2OC3(Cc4ccccc4C3)OC2C(OC(=O)c2cccc(C=CC(=O)OC3C(=O)OCC3(C)C)c2)C1. The molecule has 54 heavy (non-hydrogen) atoms. The van der Waals surface area contributed by atoms with Crippen LogP contribution in [0.15, 0.2) is 66.3 Å². The van der Waals surface area contributed by atoms with E-state index < -0.39 is 83.7 Å². The van der Waals surface area contributed by atoms with Gasteiger partial charge in [0.05, 0.1) is 18.2 Å². The Morgan fingerprint density at radius 3 is 2.39 bits per heavy atom. The summed E-state index contributed by atoms with van der Waals surface area (Å²) < 4.78 is 34.9. The largest absolute Gasteiger partial charge is 0.462 e. The number of carbonyl (C=O) groups is 5. The van der Waals surface area contributed by atoms with Crippen molar-refractivity contribution in [3.63, 3.8) is 0 Å². The third-order valence-electron chi connectivity index (χ3n) is 9.72. The molecule has 2 aromatic carbocycles. The smallest absolute Gasteiger partial charge is 0.348 e. The van der Waals surface area contributed by atoms with Crippen molar-refractivity contribution in [3.8, 4) is 0 Å². The van der Waals surface area contributed by atoms with Crippen LogP contribution in [-0.4, -0.2) is 90.0 Å². The summed E-state index contributed by atoms with van der Waals surface area (Å²) in [6.45, 7) is 8.56. The highest BCUT2D eigenvalue weighted by atomic mass is 16.8. The van der Waals surface area contributed by atoms with Crippen molar-refractivity contribution in [2.24, 2.45) is 5.41 Å². The molecule has 2 fully saturated rings. The number of ether oxygens (including phenoxy) is 6. The Morgan fingerprint density at radius 2 is 1.74 bits per heavy atom. The first-order valence-electron chi connectivity index (χ1n) is 18.2. The second kappa shape index (κ2) is 15.5. The predicted octanol–water partition coefficient (Wildman–Crippen LogP) is 3.93. The number of aliphatic hydroxyl groups excluding tert-OH is 1. The van der Waals surface area contributed by atoms with Crippen molar-refractivity contribution in [2.75, 3.05) is 13.2 Å². The van der Waals surface area contributed by atoms with Gasteiger partial charge in [-0.2, -0.15) is 0 Å². The Labute approximate surface area is 314 Å². The number of nitrogens with one attached hydrogen (secondary N) is 1. The van der Waals surface area contributed by atoms with E-state index in [0.29, 0.717) is 18.4 Å². The highest BCUT2D eigenvalue weighted by Gasteiger charge is 2.55. The van der Waals surface area contributed by atoms with Crippen molar-refractivity contribution in [3.05, 3.63) is 88.5 Å². The van der Waals surface area contributed by atoms with E-state index in [2.05, 4.69) is 5.32 Å². The van der Waals surface area contributed by atoms with Crippen LogP contribution in [0.25, 0.3) is 6.08 Å². The molecule has 5 atom stereocenters. The van der Waals surface area contributed by atoms with Gasteiger partial charge in [-0.25, -0.2) is 14.4 Å². The summed E-state index contributed by atoms with van der Waals surface area (Å²) in [7, 11) is 0. The average Bonchev–Trinajstić information content (AvgIpc) is 3.75. The molecule has 1 spiro atoms. The summed E-state index contributed by atoms with van der Waals surface area (Å²) in [4.78, 5) is 64.2. The van der Waals surface area contributed by atoms with Gasteiger partial charge in [-0.15, -0.1) is 0 Å². The zero-order chi connectivity index (χ0) is 38.8. The molecule has 13 heteroatoms. The van der Waals surface area contributed by atoms with Crippen molar-refractivity contribution in [1.82, 2.24) is 5.32 Å². The van der Waals surface area contributed by atoms with E-state index >= 15 is 0 Å². The van der Waals surface area contributed by atoms with Gasteiger partial charge in [-0.3, -0.25) is 9.59 Å². The van der Waals surface area contributed by atoms with Gasteiger partial charge in [0.15, 0.2) is 5.79 Å². The number of rotatable bonds is 11. The Kier molecular flexibility index (Phi) is 11.1. The summed E-state index contributed by atoms with van der Waals surface area (Å²) in [6.07, 6.45) is 2.05. The molecule has 2 aliphatic heterocycles. The number of benzene rings is 2. The van der Waals surface area contributed by atoms with Crippen LogP contribution in [0.5, 0.6) is 0 Å². The lowest BCUT2D eigenvalue weighted by molar-refractivity contribution is -0.172. The van der Waals surface area contributed by atoms with Crippen molar-refractivity contribution >= 4 is 35.9 Å². The quantitative estimate of drug-likeness (QED) is 0.193. The van der Waals surface area contributed by atoms with Crippen LogP contribution < -0.4 is 5.32 Å². The normalized spacial score (nSPS) is 24.3. The van der Waals surface area contributed by atoms with Crippen LogP contribution in [0.3, 0.4) is 0 Å². The van der Waals surface area contributed by atoms with Gasteiger partial charge >= 0.3 is 23.9 Å². The number of fused-ring (bicyclic) bond motifs is 2. The first kappa shape index (κ1) is 38.9. The van der Waals surface area contributed by atoms with Crippen LogP contribution in [0, 0.1) is 5.41 Å². The Balaban J connectivity index is 1.16. The minimum atomic E-state index is -1.03. The maximum absolute atomic E-state index is 13.7. The summed E-state index contributed by atoms with van der Waals surface area (Å²) in [6, 6.07) is 13.6. The fraction of sp³-hybridized carbons (Fsp3) is 0.488. The van der Waals surface area contributed by atoms with Gasteiger partial charge < -0.3 is 38.8 Å². The number of cyclic esters (lactones) is 1. The van der Waals surface area contributed by atoms with Crippen molar-refractivity contribution in [2.45, 2.75) is 109 Å². The van der Waals surface area contributed by atoms with Gasteiger partial charge in [0.25, 0.3) is 0 Å². The van der Waals surface area contributed by atoms with Gasteiger partial charge in [-0.05, 0) is 68.2 Å². The maximum Gasteiger partial charge on any atom is 0.348 e. The molecule has 0 aromatic heterocycles. The van der Waals surface area contributed by atoms with Crippen LogP contribution in [0.1, 0.15) is 80.9 Å². The number of carbonyl (C=O) groups excluding carboxylic acids is 5. The molecule has 2 aromatic rings. The predicted molar refractivity (Wildman–Crippen MR) is 192 cm³/mol. The van der Waals surface area contributed by atoms with Crippen molar-refractivity contribution < 1.29 is 57.5 Å². The molecule has 1 amide bonds. The second-order valence-electron chi connectivity index (χ2n) is 15.9. The average molecular weight is 746 g/mol. The Morgan fingerprint density at radius 1 is 1.02 bits per heavy atom. The molecular formula is C41H47NO12. The highest BCUT2D eigenvalue weighted by Crippen LogP contribution is 2.45. The zero-order valence-electron chi connectivity index (χ0n) is 31.1. The third-order valence-corrected chi connectivity index (χ3v) is 9.72. The molecule has 2 heterocycles. The van der Waals surface area contributed by atoms with Crippen LogP contribution >= 0.6 is 0 Å². The van der Waals surface area contributed by atoms with Gasteiger partial charge in [0.2, 0.25) is 12.0 Å². The van der Waals surface area contributed by atoms with E-state index in [9.17, 15) is 29.1 Å². The molecule has 4 aliphatic rings. The maximum atomic E-state index is 13.7. The third kappa shape index (κ3) is 9.08. The summed E-state index contributed by atoms with van der Waals surface area (Å²) in [5.41, 5.74) is 1.82. The second-order valence-corrected chi connectivity index (χ2v) is 15.9. The molecule has 2 saturated heterocycles. The monoisotopic (exact) mass is 745 g/mol. The topological polar surface area (TPSA) is 173 Å². The van der Waals surface area contributed by atoms with E-state index in [-0.39, 0.29) is 37.0 Å². The van der Waals surface area contributed by atoms with Crippen LogP contribution in [0.4, 0.5) is 0 Å². The lowest BCUT2D eigenvalue weighted by Gasteiger charge is -2.31. The van der Waals surface area contributed by atoms with E-state index in [1.54, 1.807) is 65.0 Å². The van der Waals surface area contributed by atoms with E-state index in [4.69, 9.17) is 28.4 Å². The standard InChI is InChI=1S/C41H47NO12/c1-39(2,3)53-33(45)16-14-29(22-43)42-36(46)28-18-30(34-31(19-28)52-41(54-34)20-26-10-6-7-11-27(26)21-41)50-37(47)25-12-8-9-24(17-25)13-15-32(44)51-35-38(48)49-23-40(35,4)5/h6-13,15,17,19,29-31,34-35,43H,14,16,18,20-23H2,1-5H3,(H,42,46). The molecule has 0 radical (unpaired) electrons. The number of hydrogen-bond acceptors (Lipinski definition) is 12. The Bertz CT molecular complexity index is 1830. The summed E-state index contributed by atoms with van der Waals surface area (Å²) >= 11 is 0. The van der Waals surface area contributed by atoms with Crippen LogP contribution in [0.2, 0.25) is 0 Å². The van der Waals surface area contributed by atoms with Gasteiger partial charge in [0.1, 0.15) is 30.5 Å². The van der Waals surface area contributed by atoms with Crippen LogP contribution in [-0.2, 0) is 60.4 Å². The summed E-state index contributed by atoms with van der Waals surface area (Å²) in [5.74, 6) is -3.96. The fourth-order valence-corrected chi connectivity index (χ4v) is 7.06. The fourth-order valence-electron chi connectivity index (χ4n) is 7.06. The lowest BCUT2D eigenvalue weighted by Crippen LogP contribution is -2.45. The molecule has 13 nitrogen and oxygen atoms in total. The first-order valence-corrected chi connectivity index (χ1v) is 18.2. The zero-order valence-corrected chi connectivity index (χ0v) is 31.1. The molecule has 0 saturated carbocycles. The highest BCUT2D eigenvalue weighted by molar-refractivity contribution is 5.95. The summed E-state index contributed by atoms with van der Waals surface area (Å²) in [5, 5.41) is 12.8.